The highest BCUT2D eigenvalue weighted by atomic mass is 19.1. The maximum atomic E-state index is 13.7. The van der Waals surface area contributed by atoms with E-state index in [0.29, 0.717) is 5.69 Å². The Balaban J connectivity index is 1.75. The summed E-state index contributed by atoms with van der Waals surface area (Å²) in [6.07, 6.45) is -0.934. The third kappa shape index (κ3) is 3.72. The predicted molar refractivity (Wildman–Crippen MR) is 94.3 cm³/mol. The van der Waals surface area contributed by atoms with Gasteiger partial charge in [0.05, 0.1) is 0 Å². The number of benzene rings is 2. The van der Waals surface area contributed by atoms with Gasteiger partial charge in [-0.3, -0.25) is 4.79 Å². The molecule has 0 bridgehead atoms. The topological polar surface area (TPSA) is 77.3 Å². The molecule has 1 aromatic heterocycles. The molecule has 2 aromatic carbocycles. The van der Waals surface area contributed by atoms with Gasteiger partial charge < -0.3 is 10.1 Å². The summed E-state index contributed by atoms with van der Waals surface area (Å²) in [6, 6.07) is 11.7. The van der Waals surface area contributed by atoms with E-state index >= 15 is 0 Å². The molecule has 3 rings (SSSR count). The van der Waals surface area contributed by atoms with Crippen LogP contribution in [0.4, 0.5) is 10.2 Å². The number of para-hydroxylation sites is 1. The van der Waals surface area contributed by atoms with Crippen LogP contribution in [0.3, 0.4) is 0 Å². The Kier molecular flexibility index (Phi) is 4.97. The molecule has 1 heterocycles. The van der Waals surface area contributed by atoms with Crippen molar-refractivity contribution in [3.8, 4) is 17.0 Å². The van der Waals surface area contributed by atoms with Crippen molar-refractivity contribution in [2.45, 2.75) is 26.9 Å². The lowest BCUT2D eigenvalue weighted by Crippen LogP contribution is -2.30. The summed E-state index contributed by atoms with van der Waals surface area (Å²) in [7, 11) is 0. The lowest BCUT2D eigenvalue weighted by Gasteiger charge is -2.14. The normalized spacial score (nSPS) is 11.8. The summed E-state index contributed by atoms with van der Waals surface area (Å²) in [6.45, 7) is 5.50. The van der Waals surface area contributed by atoms with Crippen molar-refractivity contribution in [3.63, 3.8) is 0 Å². The molecular formula is C19H18FN3O3. The highest BCUT2D eigenvalue weighted by molar-refractivity contribution is 5.96. The van der Waals surface area contributed by atoms with Crippen LogP contribution in [-0.2, 0) is 4.79 Å². The average Bonchev–Trinajstić information content (AvgIpc) is 3.07. The van der Waals surface area contributed by atoms with Crippen molar-refractivity contribution in [1.82, 2.24) is 10.3 Å². The van der Waals surface area contributed by atoms with Crippen molar-refractivity contribution in [3.05, 3.63) is 59.4 Å². The standard InChI is InChI=1S/C19H18FN3O3/c1-11-8-9-14(10-12(11)2)17-18(23-26-22-17)21-19(24)13(3)25-16-7-5-4-6-15(16)20/h4-10,13H,1-3H3,(H,21,23,24). The quantitative estimate of drug-likeness (QED) is 0.751. The molecule has 0 aliphatic rings. The van der Waals surface area contributed by atoms with Gasteiger partial charge >= 0.3 is 0 Å². The summed E-state index contributed by atoms with van der Waals surface area (Å²) >= 11 is 0. The van der Waals surface area contributed by atoms with Gasteiger partial charge in [-0.05, 0) is 60.4 Å². The Labute approximate surface area is 149 Å². The van der Waals surface area contributed by atoms with Crippen LogP contribution in [0.5, 0.6) is 5.75 Å². The molecule has 0 aliphatic carbocycles. The monoisotopic (exact) mass is 355 g/mol. The second kappa shape index (κ2) is 7.35. The second-order valence-corrected chi connectivity index (χ2v) is 5.94. The highest BCUT2D eigenvalue weighted by Crippen LogP contribution is 2.26. The van der Waals surface area contributed by atoms with Crippen LogP contribution in [0.25, 0.3) is 11.3 Å². The van der Waals surface area contributed by atoms with Gasteiger partial charge in [0.2, 0.25) is 5.82 Å². The number of halogens is 1. The van der Waals surface area contributed by atoms with Crippen LogP contribution in [-0.4, -0.2) is 22.3 Å². The lowest BCUT2D eigenvalue weighted by atomic mass is 10.0. The van der Waals surface area contributed by atoms with E-state index < -0.39 is 17.8 Å². The number of rotatable bonds is 5. The Bertz CT molecular complexity index is 939. The van der Waals surface area contributed by atoms with E-state index in [1.165, 1.54) is 19.1 Å². The molecule has 3 aromatic rings. The Morgan fingerprint density at radius 2 is 1.92 bits per heavy atom. The molecule has 0 aliphatic heterocycles. The van der Waals surface area contributed by atoms with Crippen molar-refractivity contribution in [2.75, 3.05) is 5.32 Å². The third-order valence-electron chi connectivity index (χ3n) is 4.02. The maximum absolute atomic E-state index is 13.7. The van der Waals surface area contributed by atoms with Crippen molar-refractivity contribution >= 4 is 11.7 Å². The SMILES string of the molecule is Cc1ccc(-c2nonc2NC(=O)C(C)Oc2ccccc2F)cc1C. The molecule has 0 saturated heterocycles. The fourth-order valence-corrected chi connectivity index (χ4v) is 2.35. The first-order valence-electron chi connectivity index (χ1n) is 8.08. The van der Waals surface area contributed by atoms with Crippen LogP contribution in [0, 0.1) is 19.7 Å². The zero-order valence-electron chi connectivity index (χ0n) is 14.6. The van der Waals surface area contributed by atoms with E-state index in [1.807, 2.05) is 32.0 Å². The molecule has 0 saturated carbocycles. The number of aromatic nitrogens is 2. The largest absolute Gasteiger partial charge is 0.478 e. The van der Waals surface area contributed by atoms with Gasteiger partial charge in [-0.15, -0.1) is 0 Å². The summed E-state index contributed by atoms with van der Waals surface area (Å²) in [4.78, 5) is 12.4. The molecule has 0 spiro atoms. The van der Waals surface area contributed by atoms with Crippen LogP contribution >= 0.6 is 0 Å². The Hall–Kier alpha value is -3.22. The molecule has 0 fully saturated rings. The lowest BCUT2D eigenvalue weighted by molar-refractivity contribution is -0.122. The Morgan fingerprint density at radius 3 is 2.65 bits per heavy atom. The van der Waals surface area contributed by atoms with E-state index in [2.05, 4.69) is 15.6 Å². The van der Waals surface area contributed by atoms with Crippen molar-refractivity contribution < 1.29 is 18.6 Å². The number of nitrogens with one attached hydrogen (secondary N) is 1. The van der Waals surface area contributed by atoms with Gasteiger partial charge in [-0.2, -0.15) is 0 Å². The van der Waals surface area contributed by atoms with E-state index in [1.54, 1.807) is 12.1 Å². The summed E-state index contributed by atoms with van der Waals surface area (Å²) in [5.74, 6) is -0.842. The summed E-state index contributed by atoms with van der Waals surface area (Å²) in [5, 5.41) is 10.2. The van der Waals surface area contributed by atoms with Gasteiger partial charge in [0.25, 0.3) is 5.91 Å². The molecule has 26 heavy (non-hydrogen) atoms. The van der Waals surface area contributed by atoms with Gasteiger partial charge in [0.1, 0.15) is 0 Å². The first-order valence-corrected chi connectivity index (χ1v) is 8.08. The van der Waals surface area contributed by atoms with Gasteiger partial charge in [0.15, 0.2) is 23.4 Å². The molecule has 7 heteroatoms. The molecular weight excluding hydrogens is 337 g/mol. The minimum absolute atomic E-state index is 0.00260. The number of carbonyl (C=O) groups is 1. The zero-order chi connectivity index (χ0) is 18.7. The van der Waals surface area contributed by atoms with Crippen LogP contribution in [0.2, 0.25) is 0 Å². The number of amides is 1. The molecule has 1 atom stereocenters. The van der Waals surface area contributed by atoms with E-state index in [-0.39, 0.29) is 11.6 Å². The number of carbonyl (C=O) groups excluding carboxylic acids is 1. The second-order valence-electron chi connectivity index (χ2n) is 5.94. The predicted octanol–water partition coefficient (Wildman–Crippen LogP) is 3.90. The van der Waals surface area contributed by atoms with E-state index in [9.17, 15) is 9.18 Å². The number of nitrogens with zero attached hydrogens (tertiary/aromatic N) is 2. The molecule has 6 nitrogen and oxygen atoms in total. The first-order chi connectivity index (χ1) is 12.5. The first kappa shape index (κ1) is 17.6. The molecule has 134 valence electrons. The molecule has 1 unspecified atom stereocenters. The van der Waals surface area contributed by atoms with Crippen LogP contribution in [0.15, 0.2) is 47.1 Å². The number of ether oxygens (including phenoxy) is 1. The van der Waals surface area contributed by atoms with Gasteiger partial charge in [0, 0.05) is 5.56 Å². The minimum Gasteiger partial charge on any atom is -0.478 e. The van der Waals surface area contributed by atoms with E-state index in [0.717, 1.165) is 16.7 Å². The maximum Gasteiger partial charge on any atom is 0.266 e. The van der Waals surface area contributed by atoms with Crippen molar-refractivity contribution in [1.29, 1.82) is 0 Å². The van der Waals surface area contributed by atoms with Crippen LogP contribution < -0.4 is 10.1 Å². The zero-order valence-corrected chi connectivity index (χ0v) is 14.6. The van der Waals surface area contributed by atoms with E-state index in [4.69, 9.17) is 9.37 Å². The van der Waals surface area contributed by atoms with Crippen molar-refractivity contribution in [2.24, 2.45) is 0 Å². The fourth-order valence-electron chi connectivity index (χ4n) is 2.35. The summed E-state index contributed by atoms with van der Waals surface area (Å²) in [5.41, 5.74) is 3.41. The number of hydrogen-bond donors (Lipinski definition) is 1. The van der Waals surface area contributed by atoms with Crippen LogP contribution in [0.1, 0.15) is 18.1 Å². The number of hydrogen-bond acceptors (Lipinski definition) is 5. The third-order valence-corrected chi connectivity index (χ3v) is 4.02. The minimum atomic E-state index is -0.934. The van der Waals surface area contributed by atoms with Gasteiger partial charge in [-0.1, -0.05) is 24.3 Å². The fraction of sp³-hybridized carbons (Fsp3) is 0.211. The number of aryl methyl sites for hydroxylation is 2. The average molecular weight is 355 g/mol. The molecule has 1 N–H and O–H groups in total. The summed E-state index contributed by atoms with van der Waals surface area (Å²) < 4.78 is 23.8. The highest BCUT2D eigenvalue weighted by Gasteiger charge is 2.21. The van der Waals surface area contributed by atoms with Gasteiger partial charge in [-0.25, -0.2) is 9.02 Å². The number of anilines is 1. The smallest absolute Gasteiger partial charge is 0.266 e. The molecule has 0 radical (unpaired) electrons. The Morgan fingerprint density at radius 1 is 1.15 bits per heavy atom. The molecule has 1 amide bonds.